The van der Waals surface area contributed by atoms with Crippen molar-refractivity contribution in [2.45, 2.75) is 32.7 Å². The first kappa shape index (κ1) is 11.7. The number of hydrogen-bond acceptors (Lipinski definition) is 3. The van der Waals surface area contributed by atoms with Crippen molar-refractivity contribution in [3.8, 4) is 0 Å². The molecular weight excluding hydrogens is 176 g/mol. The lowest BCUT2D eigenvalue weighted by molar-refractivity contribution is -0.124. The van der Waals surface area contributed by atoms with E-state index in [1.165, 1.54) is 0 Å². The maximum atomic E-state index is 11.7. The first-order chi connectivity index (χ1) is 6.65. The Balaban J connectivity index is 2.26. The zero-order chi connectivity index (χ0) is 10.6. The van der Waals surface area contributed by atoms with Crippen LogP contribution in [0, 0.1) is 11.8 Å². The van der Waals surface area contributed by atoms with Gasteiger partial charge in [0.25, 0.3) is 0 Å². The molecule has 0 radical (unpaired) electrons. The zero-order valence-corrected chi connectivity index (χ0v) is 9.47. The molecule has 1 aliphatic heterocycles. The van der Waals surface area contributed by atoms with Crippen LogP contribution in [0.25, 0.3) is 0 Å². The Morgan fingerprint density at radius 1 is 1.50 bits per heavy atom. The van der Waals surface area contributed by atoms with Crippen LogP contribution in [-0.4, -0.2) is 32.0 Å². The van der Waals surface area contributed by atoms with E-state index in [4.69, 9.17) is 0 Å². The summed E-state index contributed by atoms with van der Waals surface area (Å²) in [7, 11) is 1.88. The third kappa shape index (κ3) is 3.07. The van der Waals surface area contributed by atoms with Crippen LogP contribution < -0.4 is 10.6 Å². The van der Waals surface area contributed by atoms with Gasteiger partial charge in [0.2, 0.25) is 0 Å². The minimum Gasteiger partial charge on any atom is -0.316 e. The van der Waals surface area contributed by atoms with Crippen LogP contribution in [0.1, 0.15) is 26.7 Å². The topological polar surface area (TPSA) is 41.1 Å². The Morgan fingerprint density at radius 3 is 2.50 bits per heavy atom. The first-order valence-corrected chi connectivity index (χ1v) is 5.56. The summed E-state index contributed by atoms with van der Waals surface area (Å²) in [6.07, 6.45) is 2.15. The molecule has 1 atom stereocenters. The fraction of sp³-hybridized carbons (Fsp3) is 0.909. The summed E-state index contributed by atoms with van der Waals surface area (Å²) in [4.78, 5) is 11.7. The molecule has 1 fully saturated rings. The largest absolute Gasteiger partial charge is 0.316 e. The van der Waals surface area contributed by atoms with E-state index in [1.54, 1.807) is 0 Å². The summed E-state index contributed by atoms with van der Waals surface area (Å²) in [5.41, 5.74) is 0. The Labute approximate surface area is 86.6 Å². The van der Waals surface area contributed by atoms with Crippen molar-refractivity contribution in [1.82, 2.24) is 10.6 Å². The Kier molecular flexibility index (Phi) is 4.55. The summed E-state index contributed by atoms with van der Waals surface area (Å²) in [5, 5.41) is 6.37. The van der Waals surface area contributed by atoms with Crippen LogP contribution in [-0.2, 0) is 4.79 Å². The van der Waals surface area contributed by atoms with Crippen molar-refractivity contribution in [3.63, 3.8) is 0 Å². The van der Waals surface area contributed by atoms with Crippen molar-refractivity contribution < 1.29 is 4.79 Å². The molecule has 82 valence electrons. The molecule has 0 bridgehead atoms. The average Bonchev–Trinajstić information content (AvgIpc) is 2.08. The molecule has 0 saturated carbocycles. The van der Waals surface area contributed by atoms with Crippen LogP contribution in [0.2, 0.25) is 0 Å². The molecule has 1 rings (SSSR count). The molecular formula is C11H22N2O. The second-order valence-corrected chi connectivity index (χ2v) is 4.50. The minimum absolute atomic E-state index is 0.0654. The van der Waals surface area contributed by atoms with Gasteiger partial charge in [-0.15, -0.1) is 0 Å². The van der Waals surface area contributed by atoms with Gasteiger partial charge in [-0.2, -0.15) is 0 Å². The molecule has 0 spiro atoms. The second kappa shape index (κ2) is 5.47. The van der Waals surface area contributed by atoms with Crippen molar-refractivity contribution in [2.24, 2.45) is 11.8 Å². The summed E-state index contributed by atoms with van der Waals surface area (Å²) < 4.78 is 0. The Bertz CT molecular complexity index is 188. The number of carbonyl (C=O) groups excluding carboxylic acids is 1. The highest BCUT2D eigenvalue weighted by atomic mass is 16.1. The van der Waals surface area contributed by atoms with E-state index in [1.807, 2.05) is 20.9 Å². The lowest BCUT2D eigenvalue weighted by Crippen LogP contribution is -2.44. The SMILES string of the molecule is CNC(CCC1CNC1)C(=O)C(C)C. The number of ketones is 1. The number of Topliss-reactive ketones (excluding diaryl/α,β-unsaturated/α-hetero) is 1. The maximum absolute atomic E-state index is 11.7. The predicted octanol–water partition coefficient (Wildman–Crippen LogP) is 0.799. The molecule has 0 aromatic rings. The minimum atomic E-state index is 0.0654. The quantitative estimate of drug-likeness (QED) is 0.663. The first-order valence-electron chi connectivity index (χ1n) is 5.56. The fourth-order valence-electron chi connectivity index (χ4n) is 1.79. The van der Waals surface area contributed by atoms with Gasteiger partial charge < -0.3 is 10.6 Å². The number of rotatable bonds is 6. The lowest BCUT2D eigenvalue weighted by Gasteiger charge is -2.28. The summed E-state index contributed by atoms with van der Waals surface area (Å²) >= 11 is 0. The van der Waals surface area contributed by atoms with Gasteiger partial charge in [-0.1, -0.05) is 13.8 Å². The molecule has 3 heteroatoms. The van der Waals surface area contributed by atoms with Gasteiger partial charge in [-0.25, -0.2) is 0 Å². The number of likely N-dealkylation sites (N-methyl/N-ethyl adjacent to an activating group) is 1. The number of nitrogens with one attached hydrogen (secondary N) is 2. The third-order valence-corrected chi connectivity index (χ3v) is 2.99. The molecule has 14 heavy (non-hydrogen) atoms. The molecule has 3 nitrogen and oxygen atoms in total. The molecule has 1 saturated heterocycles. The Hall–Kier alpha value is -0.410. The maximum Gasteiger partial charge on any atom is 0.152 e. The van der Waals surface area contributed by atoms with Crippen molar-refractivity contribution in [2.75, 3.05) is 20.1 Å². The van der Waals surface area contributed by atoms with Gasteiger partial charge in [-0.3, -0.25) is 4.79 Å². The standard InChI is InChI=1S/C11H22N2O/c1-8(2)11(14)10(12-3)5-4-9-6-13-7-9/h8-10,12-13H,4-7H2,1-3H3. The number of carbonyl (C=O) groups is 1. The molecule has 1 unspecified atom stereocenters. The van der Waals surface area contributed by atoms with Gasteiger partial charge in [0.05, 0.1) is 6.04 Å². The average molecular weight is 198 g/mol. The van der Waals surface area contributed by atoms with Crippen LogP contribution in [0.15, 0.2) is 0 Å². The van der Waals surface area contributed by atoms with E-state index in [0.717, 1.165) is 31.8 Å². The van der Waals surface area contributed by atoms with E-state index in [9.17, 15) is 4.79 Å². The monoisotopic (exact) mass is 198 g/mol. The van der Waals surface area contributed by atoms with Gasteiger partial charge in [0.1, 0.15) is 0 Å². The second-order valence-electron chi connectivity index (χ2n) is 4.50. The predicted molar refractivity (Wildman–Crippen MR) is 58.3 cm³/mol. The summed E-state index contributed by atoms with van der Waals surface area (Å²) in [5.74, 6) is 1.29. The van der Waals surface area contributed by atoms with Crippen molar-refractivity contribution in [3.05, 3.63) is 0 Å². The van der Waals surface area contributed by atoms with Crippen molar-refractivity contribution in [1.29, 1.82) is 0 Å². The van der Waals surface area contributed by atoms with E-state index in [2.05, 4.69) is 10.6 Å². The lowest BCUT2D eigenvalue weighted by atomic mass is 9.91. The molecule has 0 aromatic heterocycles. The highest BCUT2D eigenvalue weighted by molar-refractivity contribution is 5.85. The van der Waals surface area contributed by atoms with Gasteiger partial charge in [0.15, 0.2) is 5.78 Å². The molecule has 1 aliphatic rings. The van der Waals surface area contributed by atoms with E-state index < -0.39 is 0 Å². The van der Waals surface area contributed by atoms with Crippen LogP contribution in [0.5, 0.6) is 0 Å². The third-order valence-electron chi connectivity index (χ3n) is 2.99. The molecule has 0 aliphatic carbocycles. The molecule has 0 amide bonds. The van der Waals surface area contributed by atoms with Crippen molar-refractivity contribution >= 4 is 5.78 Å². The van der Waals surface area contributed by atoms with Crippen LogP contribution >= 0.6 is 0 Å². The molecule has 2 N–H and O–H groups in total. The normalized spacial score (nSPS) is 19.4. The van der Waals surface area contributed by atoms with E-state index in [-0.39, 0.29) is 12.0 Å². The van der Waals surface area contributed by atoms with Gasteiger partial charge >= 0.3 is 0 Å². The Morgan fingerprint density at radius 2 is 2.14 bits per heavy atom. The van der Waals surface area contributed by atoms with Crippen LogP contribution in [0.4, 0.5) is 0 Å². The summed E-state index contributed by atoms with van der Waals surface area (Å²) in [6.45, 7) is 6.20. The van der Waals surface area contributed by atoms with Gasteiger partial charge in [-0.05, 0) is 38.9 Å². The number of hydrogen-bond donors (Lipinski definition) is 2. The zero-order valence-electron chi connectivity index (χ0n) is 9.47. The highest BCUT2D eigenvalue weighted by Crippen LogP contribution is 2.14. The smallest absolute Gasteiger partial charge is 0.152 e. The van der Waals surface area contributed by atoms with Crippen LogP contribution in [0.3, 0.4) is 0 Å². The highest BCUT2D eigenvalue weighted by Gasteiger charge is 2.22. The molecule has 1 heterocycles. The van der Waals surface area contributed by atoms with Gasteiger partial charge in [0, 0.05) is 5.92 Å². The fourth-order valence-corrected chi connectivity index (χ4v) is 1.79. The molecule has 0 aromatic carbocycles. The van der Waals surface area contributed by atoms with E-state index >= 15 is 0 Å². The summed E-state index contributed by atoms with van der Waals surface area (Å²) in [6, 6.07) is 0.0654. The van der Waals surface area contributed by atoms with E-state index in [0.29, 0.717) is 5.78 Å².